The molecular formula is C16H20INO. The Hall–Kier alpha value is -0.580. The first-order chi connectivity index (χ1) is 9.19. The summed E-state index contributed by atoms with van der Waals surface area (Å²) in [7, 11) is 0. The van der Waals surface area contributed by atoms with E-state index in [1.807, 2.05) is 29.2 Å². The highest BCUT2D eigenvalue weighted by molar-refractivity contribution is 14.1. The molecule has 1 aliphatic heterocycles. The molecule has 3 heteroatoms. The van der Waals surface area contributed by atoms with Crippen LogP contribution in [0.5, 0.6) is 0 Å². The second kappa shape index (κ2) is 5.43. The van der Waals surface area contributed by atoms with Gasteiger partial charge in [-0.1, -0.05) is 12.8 Å². The van der Waals surface area contributed by atoms with Gasteiger partial charge < -0.3 is 4.90 Å². The lowest BCUT2D eigenvalue weighted by Crippen LogP contribution is -2.42. The molecule has 1 aromatic rings. The van der Waals surface area contributed by atoms with Crippen LogP contribution >= 0.6 is 22.6 Å². The smallest absolute Gasteiger partial charge is 0.253 e. The van der Waals surface area contributed by atoms with Gasteiger partial charge in [0.15, 0.2) is 0 Å². The van der Waals surface area contributed by atoms with Gasteiger partial charge in [0, 0.05) is 22.2 Å². The van der Waals surface area contributed by atoms with Crippen molar-refractivity contribution in [2.75, 3.05) is 13.1 Å². The van der Waals surface area contributed by atoms with Gasteiger partial charge in [-0.05, 0) is 78.0 Å². The van der Waals surface area contributed by atoms with Crippen molar-refractivity contribution in [1.29, 1.82) is 0 Å². The zero-order valence-electron chi connectivity index (χ0n) is 11.2. The molecule has 0 aromatic heterocycles. The summed E-state index contributed by atoms with van der Waals surface area (Å²) in [4.78, 5) is 14.5. The van der Waals surface area contributed by atoms with Crippen molar-refractivity contribution in [3.05, 3.63) is 33.4 Å². The van der Waals surface area contributed by atoms with Crippen LogP contribution in [0.1, 0.15) is 48.9 Å². The van der Waals surface area contributed by atoms with E-state index >= 15 is 0 Å². The number of likely N-dealkylation sites (tertiary alicyclic amines) is 1. The Labute approximate surface area is 128 Å². The fraction of sp³-hybridized carbons (Fsp3) is 0.562. The monoisotopic (exact) mass is 369 g/mol. The largest absolute Gasteiger partial charge is 0.339 e. The average molecular weight is 369 g/mol. The number of nitrogens with zero attached hydrogens (tertiary/aromatic N) is 1. The van der Waals surface area contributed by atoms with E-state index in [1.54, 1.807) is 0 Å². The molecule has 1 amide bonds. The summed E-state index contributed by atoms with van der Waals surface area (Å²) in [5, 5.41) is 0. The van der Waals surface area contributed by atoms with Crippen LogP contribution in [0.2, 0.25) is 0 Å². The Morgan fingerprint density at radius 1 is 1.00 bits per heavy atom. The number of hydrogen-bond acceptors (Lipinski definition) is 1. The van der Waals surface area contributed by atoms with Gasteiger partial charge in [-0.2, -0.15) is 0 Å². The molecule has 1 saturated heterocycles. The maximum absolute atomic E-state index is 12.4. The summed E-state index contributed by atoms with van der Waals surface area (Å²) in [5.74, 6) is 0.212. The van der Waals surface area contributed by atoms with Crippen molar-refractivity contribution in [3.63, 3.8) is 0 Å². The molecule has 0 bridgehead atoms. The SMILES string of the molecule is O=C(c1ccc(I)cc1)N1CCC2(CCCC2)CC1. The molecule has 0 atom stereocenters. The second-order valence-corrected chi connectivity index (χ2v) is 7.25. The van der Waals surface area contributed by atoms with Crippen molar-refractivity contribution in [3.8, 4) is 0 Å². The van der Waals surface area contributed by atoms with Crippen LogP contribution in [-0.2, 0) is 0 Å². The number of piperidine rings is 1. The van der Waals surface area contributed by atoms with Crippen LogP contribution in [0.3, 0.4) is 0 Å². The summed E-state index contributed by atoms with van der Waals surface area (Å²) in [6.45, 7) is 1.90. The zero-order chi connectivity index (χ0) is 13.3. The predicted octanol–water partition coefficient (Wildman–Crippen LogP) is 4.09. The maximum Gasteiger partial charge on any atom is 0.253 e. The first-order valence-corrected chi connectivity index (χ1v) is 8.31. The minimum Gasteiger partial charge on any atom is -0.339 e. The van der Waals surface area contributed by atoms with Gasteiger partial charge >= 0.3 is 0 Å². The van der Waals surface area contributed by atoms with Gasteiger partial charge in [0.2, 0.25) is 0 Å². The van der Waals surface area contributed by atoms with E-state index in [0.717, 1.165) is 18.7 Å². The number of rotatable bonds is 1. The minimum absolute atomic E-state index is 0.212. The summed E-state index contributed by atoms with van der Waals surface area (Å²) < 4.78 is 1.18. The second-order valence-electron chi connectivity index (χ2n) is 6.01. The van der Waals surface area contributed by atoms with E-state index in [9.17, 15) is 4.79 Å². The number of halogens is 1. The molecule has 1 saturated carbocycles. The lowest BCUT2D eigenvalue weighted by molar-refractivity contribution is 0.0587. The minimum atomic E-state index is 0.212. The quantitative estimate of drug-likeness (QED) is 0.683. The number of hydrogen-bond donors (Lipinski definition) is 0. The molecule has 1 spiro atoms. The molecular weight excluding hydrogens is 349 g/mol. The highest BCUT2D eigenvalue weighted by Crippen LogP contribution is 2.46. The summed E-state index contributed by atoms with van der Waals surface area (Å²) in [6, 6.07) is 7.92. The van der Waals surface area contributed by atoms with E-state index in [-0.39, 0.29) is 5.91 Å². The van der Waals surface area contributed by atoms with Crippen molar-refractivity contribution in [2.45, 2.75) is 38.5 Å². The summed E-state index contributed by atoms with van der Waals surface area (Å²) in [6.07, 6.45) is 7.99. The molecule has 0 unspecified atom stereocenters. The molecule has 2 aliphatic rings. The van der Waals surface area contributed by atoms with Gasteiger partial charge in [0.1, 0.15) is 0 Å². The summed E-state index contributed by atoms with van der Waals surface area (Å²) >= 11 is 2.27. The Morgan fingerprint density at radius 3 is 2.16 bits per heavy atom. The third kappa shape index (κ3) is 2.81. The van der Waals surface area contributed by atoms with Crippen LogP contribution < -0.4 is 0 Å². The van der Waals surface area contributed by atoms with Gasteiger partial charge in [0.25, 0.3) is 5.91 Å². The number of benzene rings is 1. The lowest BCUT2D eigenvalue weighted by atomic mass is 9.77. The van der Waals surface area contributed by atoms with E-state index in [4.69, 9.17) is 0 Å². The molecule has 1 aromatic carbocycles. The fourth-order valence-electron chi connectivity index (χ4n) is 3.58. The van der Waals surface area contributed by atoms with Crippen molar-refractivity contribution in [1.82, 2.24) is 4.90 Å². The molecule has 3 rings (SSSR count). The number of amides is 1. The van der Waals surface area contributed by atoms with E-state index in [2.05, 4.69) is 22.6 Å². The normalized spacial score (nSPS) is 21.8. The Bertz CT molecular complexity index is 452. The third-order valence-corrected chi connectivity index (χ3v) is 5.59. The topological polar surface area (TPSA) is 20.3 Å². The van der Waals surface area contributed by atoms with Crippen LogP contribution in [0.25, 0.3) is 0 Å². The highest BCUT2D eigenvalue weighted by atomic mass is 127. The van der Waals surface area contributed by atoms with Gasteiger partial charge in [-0.3, -0.25) is 4.79 Å². The van der Waals surface area contributed by atoms with Crippen molar-refractivity contribution in [2.24, 2.45) is 5.41 Å². The standard InChI is InChI=1S/C16H20INO/c17-14-5-3-13(4-6-14)15(19)18-11-9-16(10-12-18)7-1-2-8-16/h3-6H,1-2,7-12H2. The Morgan fingerprint density at radius 2 is 1.58 bits per heavy atom. The lowest BCUT2D eigenvalue weighted by Gasteiger charge is -2.39. The van der Waals surface area contributed by atoms with E-state index in [0.29, 0.717) is 5.41 Å². The van der Waals surface area contributed by atoms with Crippen molar-refractivity contribution >= 4 is 28.5 Å². The molecule has 1 aliphatic carbocycles. The fourth-order valence-corrected chi connectivity index (χ4v) is 3.94. The van der Waals surface area contributed by atoms with Crippen molar-refractivity contribution < 1.29 is 4.79 Å². The average Bonchev–Trinajstić information content (AvgIpc) is 2.88. The number of carbonyl (C=O) groups is 1. The Balaban J connectivity index is 1.64. The predicted molar refractivity (Wildman–Crippen MR) is 85.2 cm³/mol. The maximum atomic E-state index is 12.4. The van der Waals surface area contributed by atoms with Crippen LogP contribution in [-0.4, -0.2) is 23.9 Å². The third-order valence-electron chi connectivity index (χ3n) is 4.87. The van der Waals surface area contributed by atoms with E-state index in [1.165, 1.54) is 42.1 Å². The van der Waals surface area contributed by atoms with Gasteiger partial charge in [-0.15, -0.1) is 0 Å². The molecule has 0 N–H and O–H groups in total. The van der Waals surface area contributed by atoms with E-state index < -0.39 is 0 Å². The van der Waals surface area contributed by atoms with Crippen LogP contribution in [0.15, 0.2) is 24.3 Å². The molecule has 19 heavy (non-hydrogen) atoms. The Kier molecular flexibility index (Phi) is 3.83. The van der Waals surface area contributed by atoms with Crippen LogP contribution in [0.4, 0.5) is 0 Å². The molecule has 2 fully saturated rings. The van der Waals surface area contributed by atoms with Gasteiger partial charge in [0.05, 0.1) is 0 Å². The summed E-state index contributed by atoms with van der Waals surface area (Å²) in [5.41, 5.74) is 1.42. The highest BCUT2D eigenvalue weighted by Gasteiger charge is 2.37. The van der Waals surface area contributed by atoms with Gasteiger partial charge in [-0.25, -0.2) is 0 Å². The molecule has 102 valence electrons. The molecule has 2 nitrogen and oxygen atoms in total. The first-order valence-electron chi connectivity index (χ1n) is 7.23. The molecule has 1 heterocycles. The number of carbonyl (C=O) groups excluding carboxylic acids is 1. The first kappa shape index (κ1) is 13.4. The molecule has 0 radical (unpaired) electrons. The zero-order valence-corrected chi connectivity index (χ0v) is 13.4. The van der Waals surface area contributed by atoms with Crippen LogP contribution in [0, 0.1) is 8.99 Å².